The van der Waals surface area contributed by atoms with Gasteiger partial charge in [-0.15, -0.1) is 11.8 Å². The highest BCUT2D eigenvalue weighted by atomic mass is 32.2. The van der Waals surface area contributed by atoms with Gasteiger partial charge in [-0.2, -0.15) is 0 Å². The Hall–Kier alpha value is -0.670. The number of para-hydroxylation sites is 1. The second kappa shape index (κ2) is 6.86. The first-order valence-corrected chi connectivity index (χ1v) is 9.06. The number of thioether (sulfide) groups is 1. The number of hydrogen-bond donors (Lipinski definition) is 1. The normalized spacial score (nSPS) is 22.0. The summed E-state index contributed by atoms with van der Waals surface area (Å²) < 4.78 is 0. The van der Waals surface area contributed by atoms with Gasteiger partial charge in [-0.1, -0.05) is 32.9 Å². The Balaban J connectivity index is 2.34. The first-order valence-electron chi connectivity index (χ1n) is 7.84. The molecule has 1 saturated heterocycles. The molecule has 0 radical (unpaired) electrons. The van der Waals surface area contributed by atoms with Gasteiger partial charge in [0.05, 0.1) is 5.69 Å². The maximum atomic E-state index is 3.82. The van der Waals surface area contributed by atoms with E-state index in [1.165, 1.54) is 29.8 Å². The van der Waals surface area contributed by atoms with E-state index in [2.05, 4.69) is 61.5 Å². The zero-order chi connectivity index (χ0) is 14.6. The van der Waals surface area contributed by atoms with Crippen LogP contribution in [0.25, 0.3) is 0 Å². The van der Waals surface area contributed by atoms with Crippen molar-refractivity contribution in [3.8, 4) is 0 Å². The van der Waals surface area contributed by atoms with Crippen molar-refractivity contribution in [1.82, 2.24) is 5.32 Å². The van der Waals surface area contributed by atoms with Gasteiger partial charge < -0.3 is 10.2 Å². The van der Waals surface area contributed by atoms with Crippen LogP contribution in [-0.4, -0.2) is 30.9 Å². The highest BCUT2D eigenvalue weighted by Crippen LogP contribution is 2.34. The number of nitrogens with zero attached hydrogens (tertiary/aromatic N) is 1. The number of benzene rings is 1. The molecule has 1 aromatic rings. The van der Waals surface area contributed by atoms with Crippen molar-refractivity contribution in [1.29, 1.82) is 0 Å². The van der Waals surface area contributed by atoms with Crippen LogP contribution < -0.4 is 10.2 Å². The molecule has 2 rings (SSSR count). The maximum absolute atomic E-state index is 3.82. The molecule has 0 aliphatic carbocycles. The second-order valence-electron chi connectivity index (χ2n) is 5.73. The highest BCUT2D eigenvalue weighted by Gasteiger charge is 2.36. The molecule has 20 heavy (non-hydrogen) atoms. The molecule has 112 valence electrons. The van der Waals surface area contributed by atoms with E-state index in [4.69, 9.17) is 0 Å². The molecular weight excluding hydrogens is 264 g/mol. The van der Waals surface area contributed by atoms with Crippen LogP contribution in [0.5, 0.6) is 0 Å². The molecule has 0 spiro atoms. The van der Waals surface area contributed by atoms with Gasteiger partial charge in [0.1, 0.15) is 0 Å². The number of rotatable bonds is 5. The summed E-state index contributed by atoms with van der Waals surface area (Å²) in [7, 11) is 0. The van der Waals surface area contributed by atoms with E-state index in [1.54, 1.807) is 0 Å². The minimum Gasteiger partial charge on any atom is -0.365 e. The molecule has 1 aliphatic heterocycles. The van der Waals surface area contributed by atoms with E-state index in [0.717, 1.165) is 13.1 Å². The van der Waals surface area contributed by atoms with E-state index in [9.17, 15) is 0 Å². The standard InChI is InChI=1S/C17H28N2S/c1-5-14-12-18-17(6-2,7-3)13-19(14)15-10-8-9-11-16(15)20-4/h8-11,14,18H,5-7,12-13H2,1-4H3. The summed E-state index contributed by atoms with van der Waals surface area (Å²) in [5.74, 6) is 0. The molecule has 0 saturated carbocycles. The largest absolute Gasteiger partial charge is 0.365 e. The fourth-order valence-corrected chi connectivity index (χ4v) is 3.80. The minimum atomic E-state index is 0.275. The summed E-state index contributed by atoms with van der Waals surface area (Å²) in [5.41, 5.74) is 1.69. The Morgan fingerprint density at radius 3 is 2.55 bits per heavy atom. The maximum Gasteiger partial charge on any atom is 0.0507 e. The van der Waals surface area contributed by atoms with Crippen molar-refractivity contribution >= 4 is 17.4 Å². The van der Waals surface area contributed by atoms with Gasteiger partial charge in [0.15, 0.2) is 0 Å². The van der Waals surface area contributed by atoms with Crippen LogP contribution in [0.2, 0.25) is 0 Å². The molecule has 1 atom stereocenters. The lowest BCUT2D eigenvalue weighted by Gasteiger charge is -2.49. The molecule has 0 amide bonds. The molecule has 3 heteroatoms. The van der Waals surface area contributed by atoms with Crippen LogP contribution in [0, 0.1) is 0 Å². The minimum absolute atomic E-state index is 0.275. The second-order valence-corrected chi connectivity index (χ2v) is 6.58. The fourth-order valence-electron chi connectivity index (χ4n) is 3.19. The van der Waals surface area contributed by atoms with Gasteiger partial charge in [-0.3, -0.25) is 0 Å². The topological polar surface area (TPSA) is 15.3 Å². The molecule has 1 fully saturated rings. The van der Waals surface area contributed by atoms with E-state index in [1.807, 2.05) is 11.8 Å². The Labute approximate surface area is 128 Å². The molecule has 0 aromatic heterocycles. The fraction of sp³-hybridized carbons (Fsp3) is 0.647. The number of anilines is 1. The van der Waals surface area contributed by atoms with Crippen LogP contribution in [0.3, 0.4) is 0 Å². The summed E-state index contributed by atoms with van der Waals surface area (Å²) >= 11 is 1.85. The Kier molecular flexibility index (Phi) is 5.39. The first-order chi connectivity index (χ1) is 9.69. The summed E-state index contributed by atoms with van der Waals surface area (Å²) in [6.07, 6.45) is 5.75. The van der Waals surface area contributed by atoms with Crippen molar-refractivity contribution < 1.29 is 0 Å². The molecule has 1 N–H and O–H groups in total. The zero-order valence-electron chi connectivity index (χ0n) is 13.3. The van der Waals surface area contributed by atoms with Crippen molar-refractivity contribution in [3.05, 3.63) is 24.3 Å². The number of hydrogen-bond acceptors (Lipinski definition) is 3. The predicted molar refractivity (Wildman–Crippen MR) is 91.0 cm³/mol. The van der Waals surface area contributed by atoms with E-state index >= 15 is 0 Å². The summed E-state index contributed by atoms with van der Waals surface area (Å²) in [6, 6.07) is 9.45. The lowest BCUT2D eigenvalue weighted by molar-refractivity contribution is 0.245. The smallest absolute Gasteiger partial charge is 0.0507 e. The lowest BCUT2D eigenvalue weighted by Crippen LogP contribution is -2.64. The van der Waals surface area contributed by atoms with E-state index in [-0.39, 0.29) is 5.54 Å². The van der Waals surface area contributed by atoms with E-state index in [0.29, 0.717) is 6.04 Å². The third kappa shape index (κ3) is 2.99. The average Bonchev–Trinajstić information content (AvgIpc) is 2.54. The highest BCUT2D eigenvalue weighted by molar-refractivity contribution is 7.98. The Bertz CT molecular complexity index is 429. The number of piperazine rings is 1. The molecule has 0 bridgehead atoms. The molecule has 1 aromatic carbocycles. The Morgan fingerprint density at radius 1 is 1.25 bits per heavy atom. The van der Waals surface area contributed by atoms with Gasteiger partial charge in [0.25, 0.3) is 0 Å². The first kappa shape index (κ1) is 15.7. The molecular formula is C17H28N2S. The lowest BCUT2D eigenvalue weighted by atomic mass is 9.87. The van der Waals surface area contributed by atoms with Gasteiger partial charge in [0.2, 0.25) is 0 Å². The van der Waals surface area contributed by atoms with Crippen LogP contribution >= 0.6 is 11.8 Å². The molecule has 2 nitrogen and oxygen atoms in total. The molecule has 1 heterocycles. The predicted octanol–water partition coefficient (Wildman–Crippen LogP) is 4.16. The van der Waals surface area contributed by atoms with Crippen molar-refractivity contribution in [2.24, 2.45) is 0 Å². The van der Waals surface area contributed by atoms with Crippen LogP contribution in [0.15, 0.2) is 29.2 Å². The van der Waals surface area contributed by atoms with Crippen molar-refractivity contribution in [2.45, 2.75) is 56.5 Å². The third-order valence-corrected chi connectivity index (χ3v) is 5.63. The summed E-state index contributed by atoms with van der Waals surface area (Å²) in [5, 5.41) is 3.82. The zero-order valence-corrected chi connectivity index (χ0v) is 14.1. The van der Waals surface area contributed by atoms with Gasteiger partial charge in [0, 0.05) is 29.6 Å². The van der Waals surface area contributed by atoms with Gasteiger partial charge in [-0.05, 0) is 37.7 Å². The van der Waals surface area contributed by atoms with Crippen molar-refractivity contribution in [2.75, 3.05) is 24.2 Å². The Morgan fingerprint density at radius 2 is 1.95 bits per heavy atom. The quantitative estimate of drug-likeness (QED) is 0.821. The average molecular weight is 292 g/mol. The molecule has 1 unspecified atom stereocenters. The van der Waals surface area contributed by atoms with Crippen LogP contribution in [-0.2, 0) is 0 Å². The van der Waals surface area contributed by atoms with Gasteiger partial charge in [-0.25, -0.2) is 0 Å². The van der Waals surface area contributed by atoms with Crippen LogP contribution in [0.4, 0.5) is 5.69 Å². The van der Waals surface area contributed by atoms with Crippen molar-refractivity contribution in [3.63, 3.8) is 0 Å². The monoisotopic (exact) mass is 292 g/mol. The molecule has 1 aliphatic rings. The SMILES string of the molecule is CCC1CNC(CC)(CC)CN1c1ccccc1SC. The summed E-state index contributed by atoms with van der Waals surface area (Å²) in [4.78, 5) is 4.05. The third-order valence-electron chi connectivity index (χ3n) is 4.85. The number of nitrogens with one attached hydrogen (secondary N) is 1. The van der Waals surface area contributed by atoms with E-state index < -0.39 is 0 Å². The van der Waals surface area contributed by atoms with Gasteiger partial charge >= 0.3 is 0 Å². The summed E-state index contributed by atoms with van der Waals surface area (Å²) in [6.45, 7) is 9.13. The van der Waals surface area contributed by atoms with Crippen LogP contribution in [0.1, 0.15) is 40.0 Å².